The molecular formula is C26H27N7O3. The minimum Gasteiger partial charge on any atom is -0.490 e. The smallest absolute Gasteiger partial charge is 0.350 e. The van der Waals surface area contributed by atoms with Crippen LogP contribution in [-0.2, 0) is 4.74 Å². The lowest BCUT2D eigenvalue weighted by Crippen LogP contribution is -2.26. The Bertz CT molecular complexity index is 1380. The van der Waals surface area contributed by atoms with E-state index in [-0.39, 0.29) is 12.1 Å². The molecule has 2 aromatic heterocycles. The SMILES string of the molecule is Cc1cc(OC2CCOCC2)cc(C(Nc2ccc(C=N)cc2)c2nn(-c3ncccn3)c(=O)[nH]2)c1. The Hall–Kier alpha value is -4.31. The lowest BCUT2D eigenvalue weighted by atomic mass is 10.0. The number of hydrogen-bond acceptors (Lipinski definition) is 8. The van der Waals surface area contributed by atoms with E-state index in [1.165, 1.54) is 6.21 Å². The highest BCUT2D eigenvalue weighted by atomic mass is 16.5. The summed E-state index contributed by atoms with van der Waals surface area (Å²) in [7, 11) is 0. The first-order valence-electron chi connectivity index (χ1n) is 11.8. The Kier molecular flexibility index (Phi) is 6.85. The van der Waals surface area contributed by atoms with Gasteiger partial charge in [0.15, 0.2) is 5.82 Å². The molecule has 0 aliphatic carbocycles. The lowest BCUT2D eigenvalue weighted by Gasteiger charge is -2.25. The minimum absolute atomic E-state index is 0.0997. The average molecular weight is 486 g/mol. The standard InChI is InChI=1S/C26H27N7O3/c1-17-13-19(15-22(14-17)36-21-7-11-35-12-8-21)23(30-20-5-3-18(16-27)4-6-20)24-31-26(34)33(32-24)25-28-9-2-10-29-25/h2-6,9-10,13-16,21,23,27,30H,7-8,11-12H2,1H3,(H,31,32,34). The Labute approximate surface area is 207 Å². The molecule has 0 saturated carbocycles. The first kappa shape index (κ1) is 23.4. The van der Waals surface area contributed by atoms with Crippen LogP contribution in [0.25, 0.3) is 5.95 Å². The van der Waals surface area contributed by atoms with Crippen LogP contribution in [0.15, 0.2) is 65.7 Å². The van der Waals surface area contributed by atoms with Gasteiger partial charge < -0.3 is 20.2 Å². The summed E-state index contributed by atoms with van der Waals surface area (Å²) in [5.74, 6) is 1.36. The van der Waals surface area contributed by atoms with E-state index in [2.05, 4.69) is 25.4 Å². The zero-order valence-electron chi connectivity index (χ0n) is 19.8. The molecule has 1 saturated heterocycles. The van der Waals surface area contributed by atoms with Crippen LogP contribution in [0.2, 0.25) is 0 Å². The molecule has 3 N–H and O–H groups in total. The van der Waals surface area contributed by atoms with Gasteiger partial charge in [-0.25, -0.2) is 14.8 Å². The van der Waals surface area contributed by atoms with E-state index in [4.69, 9.17) is 14.9 Å². The van der Waals surface area contributed by atoms with Crippen molar-refractivity contribution in [3.05, 3.63) is 93.9 Å². The third-order valence-electron chi connectivity index (χ3n) is 5.92. The zero-order chi connectivity index (χ0) is 24.9. The number of H-pyrrole nitrogens is 1. The first-order chi connectivity index (χ1) is 17.6. The third kappa shape index (κ3) is 5.33. The number of nitrogens with one attached hydrogen (secondary N) is 3. The molecule has 4 aromatic rings. The largest absolute Gasteiger partial charge is 0.490 e. The molecule has 0 spiro atoms. The molecule has 1 fully saturated rings. The van der Waals surface area contributed by atoms with Gasteiger partial charge in [-0.3, -0.25) is 4.98 Å². The van der Waals surface area contributed by atoms with Gasteiger partial charge in [0.05, 0.1) is 13.2 Å². The number of nitrogens with zero attached hydrogens (tertiary/aromatic N) is 4. The third-order valence-corrected chi connectivity index (χ3v) is 5.92. The van der Waals surface area contributed by atoms with Gasteiger partial charge in [0.1, 0.15) is 17.9 Å². The fourth-order valence-electron chi connectivity index (χ4n) is 4.16. The van der Waals surface area contributed by atoms with Crippen molar-refractivity contribution in [2.75, 3.05) is 18.5 Å². The van der Waals surface area contributed by atoms with Crippen molar-refractivity contribution in [3.63, 3.8) is 0 Å². The Morgan fingerprint density at radius 3 is 2.64 bits per heavy atom. The molecule has 1 unspecified atom stereocenters. The summed E-state index contributed by atoms with van der Waals surface area (Å²) in [4.78, 5) is 23.9. The summed E-state index contributed by atoms with van der Waals surface area (Å²) >= 11 is 0. The first-order valence-corrected chi connectivity index (χ1v) is 11.8. The van der Waals surface area contributed by atoms with Crippen molar-refractivity contribution in [1.82, 2.24) is 24.7 Å². The van der Waals surface area contributed by atoms with Crippen LogP contribution >= 0.6 is 0 Å². The van der Waals surface area contributed by atoms with E-state index in [9.17, 15) is 4.79 Å². The maximum Gasteiger partial charge on any atom is 0.350 e. The summed E-state index contributed by atoms with van der Waals surface area (Å²) in [5, 5.41) is 15.5. The molecule has 0 amide bonds. The van der Waals surface area contributed by atoms with Crippen molar-refractivity contribution in [2.45, 2.75) is 31.9 Å². The van der Waals surface area contributed by atoms with Crippen LogP contribution in [0.4, 0.5) is 5.69 Å². The van der Waals surface area contributed by atoms with Crippen molar-refractivity contribution in [3.8, 4) is 11.7 Å². The highest BCUT2D eigenvalue weighted by Crippen LogP contribution is 2.30. The summed E-state index contributed by atoms with van der Waals surface area (Å²) in [6, 6.07) is 14.7. The highest BCUT2D eigenvalue weighted by Gasteiger charge is 2.23. The molecule has 5 rings (SSSR count). The van der Waals surface area contributed by atoms with E-state index in [0.29, 0.717) is 19.0 Å². The molecule has 10 nitrogen and oxygen atoms in total. The molecule has 0 bridgehead atoms. The summed E-state index contributed by atoms with van der Waals surface area (Å²) in [6.45, 7) is 3.40. The van der Waals surface area contributed by atoms with E-state index >= 15 is 0 Å². The van der Waals surface area contributed by atoms with Crippen LogP contribution in [-0.4, -0.2) is 50.3 Å². The van der Waals surface area contributed by atoms with Crippen LogP contribution in [0.5, 0.6) is 5.75 Å². The number of rotatable bonds is 8. The lowest BCUT2D eigenvalue weighted by molar-refractivity contribution is 0.0255. The number of hydrogen-bond donors (Lipinski definition) is 3. The van der Waals surface area contributed by atoms with Gasteiger partial charge in [-0.15, -0.1) is 9.78 Å². The van der Waals surface area contributed by atoms with Gasteiger partial charge in [0.25, 0.3) is 5.95 Å². The molecule has 0 radical (unpaired) electrons. The predicted octanol–water partition coefficient (Wildman–Crippen LogP) is 3.42. The highest BCUT2D eigenvalue weighted by molar-refractivity contribution is 5.77. The zero-order valence-corrected chi connectivity index (χ0v) is 19.8. The van der Waals surface area contributed by atoms with Crippen molar-refractivity contribution in [1.29, 1.82) is 5.41 Å². The number of aryl methyl sites for hydroxylation is 1. The van der Waals surface area contributed by atoms with Crippen molar-refractivity contribution >= 4 is 11.9 Å². The van der Waals surface area contributed by atoms with E-state index in [1.807, 2.05) is 49.4 Å². The van der Waals surface area contributed by atoms with Crippen LogP contribution in [0, 0.1) is 12.3 Å². The normalized spacial score (nSPS) is 14.8. The number of aromatic amines is 1. The molecule has 2 aromatic carbocycles. The Morgan fingerprint density at radius 2 is 1.92 bits per heavy atom. The Morgan fingerprint density at radius 1 is 1.17 bits per heavy atom. The maximum atomic E-state index is 12.8. The maximum absolute atomic E-state index is 12.8. The van der Waals surface area contributed by atoms with Gasteiger partial charge in [-0.2, -0.15) is 0 Å². The topological polar surface area (TPSA) is 131 Å². The number of ether oxygens (including phenoxy) is 2. The second-order valence-corrected chi connectivity index (χ2v) is 8.63. The predicted molar refractivity (Wildman–Crippen MR) is 135 cm³/mol. The van der Waals surface area contributed by atoms with E-state index in [1.54, 1.807) is 18.5 Å². The number of anilines is 1. The second-order valence-electron chi connectivity index (χ2n) is 8.63. The second kappa shape index (κ2) is 10.5. The molecule has 184 valence electrons. The fraction of sp³-hybridized carbons (Fsp3) is 0.269. The monoisotopic (exact) mass is 485 g/mol. The summed E-state index contributed by atoms with van der Waals surface area (Å²) < 4.78 is 12.9. The average Bonchev–Trinajstić information content (AvgIpc) is 3.29. The van der Waals surface area contributed by atoms with Gasteiger partial charge in [-0.05, 0) is 53.9 Å². The van der Waals surface area contributed by atoms with Gasteiger partial charge in [0.2, 0.25) is 0 Å². The number of benzene rings is 2. The van der Waals surface area contributed by atoms with Crippen molar-refractivity contribution in [2.24, 2.45) is 0 Å². The quantitative estimate of drug-likeness (QED) is 0.326. The summed E-state index contributed by atoms with van der Waals surface area (Å²) in [6.07, 6.45) is 6.20. The number of aromatic nitrogens is 5. The molecule has 10 heteroatoms. The molecule has 1 aliphatic rings. The fourth-order valence-corrected chi connectivity index (χ4v) is 4.16. The molecule has 1 atom stereocenters. The molecule has 36 heavy (non-hydrogen) atoms. The molecule has 1 aliphatic heterocycles. The van der Waals surface area contributed by atoms with Gasteiger partial charge >= 0.3 is 5.69 Å². The Balaban J connectivity index is 1.53. The minimum atomic E-state index is -0.495. The van der Waals surface area contributed by atoms with Crippen LogP contribution in [0.3, 0.4) is 0 Å². The van der Waals surface area contributed by atoms with Gasteiger partial charge in [0, 0.05) is 37.1 Å². The van der Waals surface area contributed by atoms with Crippen molar-refractivity contribution < 1.29 is 9.47 Å². The van der Waals surface area contributed by atoms with E-state index < -0.39 is 11.7 Å². The van der Waals surface area contributed by atoms with Crippen LogP contribution in [0.1, 0.15) is 41.4 Å². The molecular weight excluding hydrogens is 458 g/mol. The van der Waals surface area contributed by atoms with Gasteiger partial charge in [-0.1, -0.05) is 18.2 Å². The van der Waals surface area contributed by atoms with E-state index in [0.717, 1.165) is 45.7 Å². The molecule has 3 heterocycles. The summed E-state index contributed by atoms with van der Waals surface area (Å²) in [5.41, 5.74) is 3.06. The van der Waals surface area contributed by atoms with Crippen LogP contribution < -0.4 is 15.7 Å².